The summed E-state index contributed by atoms with van der Waals surface area (Å²) >= 11 is 1.18. The molecular weight excluding hydrogens is 208 g/mol. The van der Waals surface area contributed by atoms with E-state index < -0.39 is 12.1 Å². The first-order valence-corrected chi connectivity index (χ1v) is 4.69. The molecule has 4 N–H and O–H groups in total. The molecule has 0 aromatic rings. The van der Waals surface area contributed by atoms with Gasteiger partial charge in [0.2, 0.25) is 0 Å². The van der Waals surface area contributed by atoms with Gasteiger partial charge < -0.3 is 10.5 Å². The van der Waals surface area contributed by atoms with Gasteiger partial charge in [-0.3, -0.25) is 10.0 Å². The third-order valence-corrected chi connectivity index (χ3v) is 1.54. The van der Waals surface area contributed by atoms with Crippen LogP contribution in [0.1, 0.15) is 6.92 Å². The minimum absolute atomic E-state index is 0.244. The molecule has 80 valence electrons. The first-order valence-electron chi connectivity index (χ1n) is 3.71. The standard InChI is InChI=1S/C6H12N4O3S/c1-3-14-10-5(12)9-6(13-2)8-4(7)11/h3H2,1-2H3,(H4,7,8,9,10,11,12). The van der Waals surface area contributed by atoms with E-state index in [0.717, 1.165) is 0 Å². The Morgan fingerprint density at radius 3 is 2.64 bits per heavy atom. The van der Waals surface area contributed by atoms with Crippen molar-refractivity contribution in [2.24, 2.45) is 10.7 Å². The number of rotatable bonds is 2. The predicted octanol–water partition coefficient (Wildman–Crippen LogP) is 0.0348. The minimum atomic E-state index is -0.846. The Kier molecular flexibility index (Phi) is 6.29. The highest BCUT2D eigenvalue weighted by molar-refractivity contribution is 7.97. The van der Waals surface area contributed by atoms with E-state index in [2.05, 4.69) is 14.5 Å². The summed E-state index contributed by atoms with van der Waals surface area (Å²) in [7, 11) is 1.26. The van der Waals surface area contributed by atoms with E-state index in [9.17, 15) is 9.59 Å². The summed E-state index contributed by atoms with van der Waals surface area (Å²) in [6.45, 7) is 1.87. The van der Waals surface area contributed by atoms with Crippen LogP contribution in [0.3, 0.4) is 0 Å². The fourth-order valence-electron chi connectivity index (χ4n) is 0.479. The summed E-state index contributed by atoms with van der Waals surface area (Å²) in [4.78, 5) is 24.7. The molecule has 0 saturated carbocycles. The largest absolute Gasteiger partial charge is 0.468 e. The van der Waals surface area contributed by atoms with E-state index in [4.69, 9.17) is 5.73 Å². The molecular formula is C6H12N4O3S. The number of nitrogens with zero attached hydrogens (tertiary/aromatic N) is 1. The van der Waals surface area contributed by atoms with Crippen molar-refractivity contribution in [3.05, 3.63) is 0 Å². The van der Waals surface area contributed by atoms with Gasteiger partial charge in [0.1, 0.15) is 0 Å². The van der Waals surface area contributed by atoms with E-state index in [1.165, 1.54) is 19.1 Å². The second-order valence-corrected chi connectivity index (χ2v) is 3.02. The van der Waals surface area contributed by atoms with Gasteiger partial charge in [-0.05, 0) is 11.9 Å². The minimum Gasteiger partial charge on any atom is -0.468 e. The molecule has 7 nitrogen and oxygen atoms in total. The molecule has 0 bridgehead atoms. The van der Waals surface area contributed by atoms with Crippen LogP contribution in [0.2, 0.25) is 0 Å². The summed E-state index contributed by atoms with van der Waals surface area (Å²) in [5.74, 6) is 0.715. The van der Waals surface area contributed by atoms with Crippen LogP contribution >= 0.6 is 11.9 Å². The second kappa shape index (κ2) is 7.01. The maximum atomic E-state index is 11.0. The Morgan fingerprint density at radius 2 is 2.21 bits per heavy atom. The van der Waals surface area contributed by atoms with Crippen LogP contribution < -0.4 is 15.8 Å². The highest BCUT2D eigenvalue weighted by Crippen LogP contribution is 1.91. The quantitative estimate of drug-likeness (QED) is 0.347. The molecule has 0 aliphatic rings. The van der Waals surface area contributed by atoms with Gasteiger partial charge in [0.25, 0.3) is 0 Å². The molecule has 0 atom stereocenters. The zero-order chi connectivity index (χ0) is 11.0. The first kappa shape index (κ1) is 12.6. The number of carbonyl (C=O) groups excluding carboxylic acids is 2. The zero-order valence-electron chi connectivity index (χ0n) is 7.86. The Labute approximate surface area is 85.6 Å². The third kappa shape index (κ3) is 6.12. The van der Waals surface area contributed by atoms with Crippen molar-refractivity contribution < 1.29 is 14.3 Å². The van der Waals surface area contributed by atoms with Gasteiger partial charge in [-0.15, -0.1) is 4.99 Å². The van der Waals surface area contributed by atoms with Gasteiger partial charge >= 0.3 is 18.1 Å². The smallest absolute Gasteiger partial charge is 0.355 e. The van der Waals surface area contributed by atoms with E-state index in [-0.39, 0.29) is 6.02 Å². The van der Waals surface area contributed by atoms with Gasteiger partial charge in [0.05, 0.1) is 7.11 Å². The van der Waals surface area contributed by atoms with Crippen LogP contribution in [0.5, 0.6) is 0 Å². The molecule has 0 aliphatic carbocycles. The lowest BCUT2D eigenvalue weighted by Gasteiger charge is -2.03. The van der Waals surface area contributed by atoms with E-state index in [1.807, 2.05) is 12.2 Å². The molecule has 14 heavy (non-hydrogen) atoms. The van der Waals surface area contributed by atoms with Gasteiger partial charge in [-0.2, -0.15) is 0 Å². The van der Waals surface area contributed by atoms with Crippen molar-refractivity contribution in [3.63, 3.8) is 0 Å². The Balaban J connectivity index is 4.13. The van der Waals surface area contributed by atoms with Gasteiger partial charge in [-0.1, -0.05) is 6.92 Å². The number of hydrogen-bond acceptors (Lipinski definition) is 4. The molecule has 0 aliphatic heterocycles. The number of amides is 4. The summed E-state index contributed by atoms with van der Waals surface area (Å²) in [6, 6.07) is -1.71. The summed E-state index contributed by atoms with van der Waals surface area (Å²) in [5, 5.41) is 2.03. The van der Waals surface area contributed by atoms with Crippen molar-refractivity contribution in [3.8, 4) is 0 Å². The van der Waals surface area contributed by atoms with Crippen molar-refractivity contribution in [2.75, 3.05) is 12.9 Å². The summed E-state index contributed by atoms with van der Waals surface area (Å²) < 4.78 is 6.97. The number of urea groups is 2. The second-order valence-electron chi connectivity index (χ2n) is 1.95. The fourth-order valence-corrected chi connectivity index (χ4v) is 0.792. The molecule has 0 aromatic carbocycles. The molecule has 0 radical (unpaired) electrons. The SMILES string of the molecule is CCSNC(=O)N=C(NC(N)=O)OC. The molecule has 4 amide bonds. The van der Waals surface area contributed by atoms with Crippen molar-refractivity contribution in [2.45, 2.75) is 6.92 Å². The van der Waals surface area contributed by atoms with Crippen molar-refractivity contribution in [1.29, 1.82) is 0 Å². The summed E-state index contributed by atoms with van der Waals surface area (Å²) in [5.41, 5.74) is 4.80. The van der Waals surface area contributed by atoms with Crippen LogP contribution in [0, 0.1) is 0 Å². The van der Waals surface area contributed by atoms with Gasteiger partial charge in [0, 0.05) is 5.75 Å². The molecule has 0 saturated heterocycles. The molecule has 8 heteroatoms. The average molecular weight is 220 g/mol. The predicted molar refractivity (Wildman–Crippen MR) is 53.8 cm³/mol. The van der Waals surface area contributed by atoms with Crippen molar-refractivity contribution in [1.82, 2.24) is 10.0 Å². The van der Waals surface area contributed by atoms with E-state index in [1.54, 1.807) is 0 Å². The Morgan fingerprint density at radius 1 is 1.57 bits per heavy atom. The van der Waals surface area contributed by atoms with Gasteiger partial charge in [0.15, 0.2) is 0 Å². The number of amidine groups is 1. The van der Waals surface area contributed by atoms with Crippen LogP contribution in [0.4, 0.5) is 9.59 Å². The van der Waals surface area contributed by atoms with Crippen LogP contribution in [0.15, 0.2) is 4.99 Å². The van der Waals surface area contributed by atoms with E-state index in [0.29, 0.717) is 5.75 Å². The lowest BCUT2D eigenvalue weighted by Crippen LogP contribution is -2.37. The van der Waals surface area contributed by atoms with Crippen molar-refractivity contribution >= 4 is 30.0 Å². The normalized spacial score (nSPS) is 10.6. The van der Waals surface area contributed by atoms with E-state index >= 15 is 0 Å². The molecule has 0 unspecified atom stereocenters. The first-order chi connectivity index (χ1) is 6.60. The Hall–Kier alpha value is -1.44. The van der Waals surface area contributed by atoms with Crippen LogP contribution in [-0.4, -0.2) is 30.9 Å². The number of carbonyl (C=O) groups is 2. The lowest BCUT2D eigenvalue weighted by atomic mass is 10.9. The maximum Gasteiger partial charge on any atom is 0.355 e. The maximum absolute atomic E-state index is 11.0. The van der Waals surface area contributed by atoms with Crippen LogP contribution in [0.25, 0.3) is 0 Å². The number of aliphatic imine (C=N–C) groups is 1. The number of methoxy groups -OCH3 is 1. The molecule has 0 spiro atoms. The Bertz CT molecular complexity index is 243. The zero-order valence-corrected chi connectivity index (χ0v) is 8.68. The number of nitrogens with two attached hydrogens (primary N) is 1. The highest BCUT2D eigenvalue weighted by atomic mass is 32.2. The number of nitrogens with one attached hydrogen (secondary N) is 2. The fraction of sp³-hybridized carbons (Fsp3) is 0.500. The average Bonchev–Trinajstić information content (AvgIpc) is 2.12. The number of hydrogen-bond donors (Lipinski definition) is 3. The molecule has 0 fully saturated rings. The summed E-state index contributed by atoms with van der Waals surface area (Å²) in [6.07, 6.45) is 0. The molecule has 0 heterocycles. The van der Waals surface area contributed by atoms with Gasteiger partial charge in [-0.25, -0.2) is 9.59 Å². The monoisotopic (exact) mass is 220 g/mol. The number of ether oxygens (including phenoxy) is 1. The lowest BCUT2D eigenvalue weighted by molar-refractivity contribution is 0.249. The molecule has 0 rings (SSSR count). The van der Waals surface area contributed by atoms with Crippen LogP contribution in [-0.2, 0) is 4.74 Å². The molecule has 0 aromatic heterocycles. The number of primary amides is 1. The topological polar surface area (TPSA) is 106 Å². The third-order valence-electron chi connectivity index (χ3n) is 0.930. The highest BCUT2D eigenvalue weighted by Gasteiger charge is 2.04.